The molecule has 1 aromatic heterocycles. The highest BCUT2D eigenvalue weighted by Crippen LogP contribution is 2.27. The number of carbonyl (C=O) groups is 1. The van der Waals surface area contributed by atoms with E-state index in [1.807, 2.05) is 13.8 Å². The van der Waals surface area contributed by atoms with Gasteiger partial charge in [0.15, 0.2) is 5.82 Å². The number of nitrogens with zero attached hydrogens (tertiary/aromatic N) is 3. The van der Waals surface area contributed by atoms with E-state index in [0.717, 1.165) is 5.82 Å². The molecule has 6 heteroatoms. The first-order chi connectivity index (χ1) is 9.11. The molecule has 6 nitrogen and oxygen atoms in total. The Kier molecular flexibility index (Phi) is 4.19. The van der Waals surface area contributed by atoms with Crippen LogP contribution in [0.1, 0.15) is 26.7 Å². The lowest BCUT2D eigenvalue weighted by molar-refractivity contribution is -0.142. The predicted molar refractivity (Wildman–Crippen MR) is 70.4 cm³/mol. The number of ether oxygens (including phenoxy) is 1. The first kappa shape index (κ1) is 13.6. The number of carboxylic acid groups (broad SMARTS) is 1. The van der Waals surface area contributed by atoms with E-state index in [4.69, 9.17) is 9.84 Å². The zero-order chi connectivity index (χ0) is 13.8. The van der Waals surface area contributed by atoms with Crippen molar-refractivity contribution >= 4 is 11.8 Å². The summed E-state index contributed by atoms with van der Waals surface area (Å²) in [5.74, 6) is 0.296. The summed E-state index contributed by atoms with van der Waals surface area (Å²) in [5.41, 5.74) is 0. The van der Waals surface area contributed by atoms with Gasteiger partial charge in [-0.25, -0.2) is 0 Å². The standard InChI is InChI=1S/C13H19N3O3/c1-3-19-12-8-14-7-11(15-12)16-5-4-10(13(17)18)6-9(16)2/h7-10H,3-6H2,1-2H3,(H,17,18). The van der Waals surface area contributed by atoms with E-state index in [9.17, 15) is 4.79 Å². The van der Waals surface area contributed by atoms with Gasteiger partial charge < -0.3 is 14.7 Å². The van der Waals surface area contributed by atoms with E-state index in [0.29, 0.717) is 31.9 Å². The van der Waals surface area contributed by atoms with Crippen molar-refractivity contribution in [3.63, 3.8) is 0 Å². The van der Waals surface area contributed by atoms with Crippen LogP contribution in [0.3, 0.4) is 0 Å². The third kappa shape index (κ3) is 3.13. The molecular formula is C13H19N3O3. The maximum Gasteiger partial charge on any atom is 0.306 e. The first-order valence-corrected chi connectivity index (χ1v) is 6.56. The minimum Gasteiger partial charge on any atom is -0.481 e. The monoisotopic (exact) mass is 265 g/mol. The second-order valence-corrected chi connectivity index (χ2v) is 4.75. The van der Waals surface area contributed by atoms with Crippen LogP contribution in [-0.2, 0) is 4.79 Å². The molecule has 2 rings (SSSR count). The fraction of sp³-hybridized carbons (Fsp3) is 0.615. The topological polar surface area (TPSA) is 75.5 Å². The molecule has 1 aromatic rings. The average molecular weight is 265 g/mol. The van der Waals surface area contributed by atoms with Gasteiger partial charge in [-0.05, 0) is 26.7 Å². The molecule has 0 amide bonds. The van der Waals surface area contributed by atoms with Crippen LogP contribution >= 0.6 is 0 Å². The van der Waals surface area contributed by atoms with Crippen LogP contribution in [0.4, 0.5) is 5.82 Å². The molecule has 2 atom stereocenters. The number of anilines is 1. The van der Waals surface area contributed by atoms with Crippen LogP contribution < -0.4 is 9.64 Å². The van der Waals surface area contributed by atoms with E-state index in [1.165, 1.54) is 0 Å². The molecule has 0 spiro atoms. The van der Waals surface area contributed by atoms with Crippen LogP contribution in [0.25, 0.3) is 0 Å². The third-order valence-electron chi connectivity index (χ3n) is 3.41. The van der Waals surface area contributed by atoms with Crippen LogP contribution in [0.15, 0.2) is 12.4 Å². The molecule has 2 unspecified atom stereocenters. The summed E-state index contributed by atoms with van der Waals surface area (Å²) in [4.78, 5) is 21.6. The number of aromatic nitrogens is 2. The number of piperidine rings is 1. The molecule has 0 bridgehead atoms. The lowest BCUT2D eigenvalue weighted by Gasteiger charge is -2.36. The fourth-order valence-corrected chi connectivity index (χ4v) is 2.43. The van der Waals surface area contributed by atoms with Crippen molar-refractivity contribution in [2.45, 2.75) is 32.7 Å². The summed E-state index contributed by atoms with van der Waals surface area (Å²) in [5, 5.41) is 9.06. The lowest BCUT2D eigenvalue weighted by Crippen LogP contribution is -2.43. The van der Waals surface area contributed by atoms with E-state index in [1.54, 1.807) is 12.4 Å². The van der Waals surface area contributed by atoms with E-state index < -0.39 is 5.97 Å². The van der Waals surface area contributed by atoms with Crippen LogP contribution in [0.2, 0.25) is 0 Å². The Bertz CT molecular complexity index is 453. The minimum atomic E-state index is -0.708. The summed E-state index contributed by atoms with van der Waals surface area (Å²) < 4.78 is 5.34. The third-order valence-corrected chi connectivity index (χ3v) is 3.41. The molecule has 0 saturated carbocycles. The number of aliphatic carboxylic acids is 1. The molecule has 1 saturated heterocycles. The van der Waals surface area contributed by atoms with Gasteiger partial charge in [0.1, 0.15) is 0 Å². The highest BCUT2D eigenvalue weighted by molar-refractivity contribution is 5.70. The molecule has 19 heavy (non-hydrogen) atoms. The predicted octanol–water partition coefficient (Wildman–Crippen LogP) is 1.56. The van der Waals surface area contributed by atoms with Crippen molar-refractivity contribution in [1.82, 2.24) is 9.97 Å². The smallest absolute Gasteiger partial charge is 0.306 e. The van der Waals surface area contributed by atoms with Gasteiger partial charge in [-0.2, -0.15) is 4.98 Å². The number of hydrogen-bond donors (Lipinski definition) is 1. The van der Waals surface area contributed by atoms with E-state index >= 15 is 0 Å². The number of carboxylic acids is 1. The zero-order valence-electron chi connectivity index (χ0n) is 11.2. The van der Waals surface area contributed by atoms with Gasteiger partial charge in [0.05, 0.1) is 24.9 Å². The Morgan fingerprint density at radius 2 is 2.37 bits per heavy atom. The van der Waals surface area contributed by atoms with E-state index in [2.05, 4.69) is 14.9 Å². The maximum atomic E-state index is 11.0. The summed E-state index contributed by atoms with van der Waals surface area (Å²) in [7, 11) is 0. The van der Waals surface area contributed by atoms with Crippen molar-refractivity contribution < 1.29 is 14.6 Å². The van der Waals surface area contributed by atoms with Gasteiger partial charge in [0.2, 0.25) is 5.88 Å². The quantitative estimate of drug-likeness (QED) is 0.890. The van der Waals surface area contributed by atoms with Crippen molar-refractivity contribution in [3.8, 4) is 5.88 Å². The average Bonchev–Trinajstić information content (AvgIpc) is 2.39. The SMILES string of the molecule is CCOc1cncc(N2CCC(C(=O)O)CC2C)n1. The normalized spacial score (nSPS) is 23.2. The zero-order valence-corrected chi connectivity index (χ0v) is 11.2. The summed E-state index contributed by atoms with van der Waals surface area (Å²) in [6.45, 7) is 5.15. The van der Waals surface area contributed by atoms with Gasteiger partial charge in [-0.1, -0.05) is 0 Å². The first-order valence-electron chi connectivity index (χ1n) is 6.56. The summed E-state index contributed by atoms with van der Waals surface area (Å²) in [6.07, 6.45) is 4.55. The minimum absolute atomic E-state index is 0.140. The molecule has 1 fully saturated rings. The molecule has 0 radical (unpaired) electrons. The van der Waals surface area contributed by atoms with Gasteiger partial charge in [-0.15, -0.1) is 0 Å². The highest BCUT2D eigenvalue weighted by Gasteiger charge is 2.30. The van der Waals surface area contributed by atoms with Gasteiger partial charge in [-0.3, -0.25) is 9.78 Å². The molecule has 1 aliphatic heterocycles. The van der Waals surface area contributed by atoms with Crippen molar-refractivity contribution in [2.24, 2.45) is 5.92 Å². The fourth-order valence-electron chi connectivity index (χ4n) is 2.43. The van der Waals surface area contributed by atoms with Gasteiger partial charge in [0.25, 0.3) is 0 Å². The molecule has 0 aliphatic carbocycles. The van der Waals surface area contributed by atoms with Crippen molar-refractivity contribution in [3.05, 3.63) is 12.4 Å². The Morgan fingerprint density at radius 3 is 3.00 bits per heavy atom. The highest BCUT2D eigenvalue weighted by atomic mass is 16.5. The molecule has 1 aliphatic rings. The maximum absolute atomic E-state index is 11.0. The summed E-state index contributed by atoms with van der Waals surface area (Å²) >= 11 is 0. The van der Waals surface area contributed by atoms with Gasteiger partial charge in [0, 0.05) is 12.6 Å². The second kappa shape index (κ2) is 5.86. The number of hydrogen-bond acceptors (Lipinski definition) is 5. The van der Waals surface area contributed by atoms with Crippen molar-refractivity contribution in [2.75, 3.05) is 18.1 Å². The Balaban J connectivity index is 2.10. The molecular weight excluding hydrogens is 246 g/mol. The van der Waals surface area contributed by atoms with E-state index in [-0.39, 0.29) is 12.0 Å². The Morgan fingerprint density at radius 1 is 1.58 bits per heavy atom. The second-order valence-electron chi connectivity index (χ2n) is 4.75. The summed E-state index contributed by atoms with van der Waals surface area (Å²) in [6, 6.07) is 0.140. The Labute approximate surface area is 112 Å². The molecule has 104 valence electrons. The molecule has 0 aromatic carbocycles. The lowest BCUT2D eigenvalue weighted by atomic mass is 9.92. The number of rotatable bonds is 4. The van der Waals surface area contributed by atoms with Crippen LogP contribution in [-0.4, -0.2) is 40.2 Å². The van der Waals surface area contributed by atoms with Crippen LogP contribution in [0.5, 0.6) is 5.88 Å². The van der Waals surface area contributed by atoms with Crippen molar-refractivity contribution in [1.29, 1.82) is 0 Å². The molecule has 2 heterocycles. The molecule has 1 N–H and O–H groups in total. The van der Waals surface area contributed by atoms with Gasteiger partial charge >= 0.3 is 5.97 Å². The Hall–Kier alpha value is -1.85. The largest absolute Gasteiger partial charge is 0.481 e. The van der Waals surface area contributed by atoms with Crippen LogP contribution in [0, 0.1) is 5.92 Å².